The summed E-state index contributed by atoms with van der Waals surface area (Å²) in [7, 11) is 3.62. The molecule has 0 N–H and O–H groups in total. The molecule has 7 heteroatoms. The third kappa shape index (κ3) is 3.01. The predicted octanol–water partition coefficient (Wildman–Crippen LogP) is 0.351. The fourth-order valence-electron chi connectivity index (χ4n) is 1.56. The van der Waals surface area contributed by atoms with Gasteiger partial charge in [-0.2, -0.15) is 0 Å². The van der Waals surface area contributed by atoms with Crippen molar-refractivity contribution in [1.29, 1.82) is 0 Å². The maximum atomic E-state index is 5.05. The highest BCUT2D eigenvalue weighted by Crippen LogP contribution is 2.08. The molecule has 0 bridgehead atoms. The van der Waals surface area contributed by atoms with Gasteiger partial charge in [0.15, 0.2) is 5.82 Å². The van der Waals surface area contributed by atoms with E-state index >= 15 is 0 Å². The molecule has 0 spiro atoms. The van der Waals surface area contributed by atoms with Gasteiger partial charge in [-0.15, -0.1) is 10.2 Å². The molecule has 0 aliphatic rings. The van der Waals surface area contributed by atoms with Crippen LogP contribution in [0, 0.1) is 0 Å². The van der Waals surface area contributed by atoms with Crippen LogP contribution in [0.5, 0.6) is 0 Å². The van der Waals surface area contributed by atoms with Crippen LogP contribution in [0.3, 0.4) is 0 Å². The Morgan fingerprint density at radius 3 is 3.00 bits per heavy atom. The first-order chi connectivity index (χ1) is 8.81. The molecule has 7 nitrogen and oxygen atoms in total. The molecule has 18 heavy (non-hydrogen) atoms. The minimum absolute atomic E-state index is 0.627. The van der Waals surface area contributed by atoms with Crippen molar-refractivity contribution in [3.05, 3.63) is 30.7 Å². The zero-order valence-electron chi connectivity index (χ0n) is 10.5. The lowest BCUT2D eigenvalue weighted by molar-refractivity contribution is 0.186. The van der Waals surface area contributed by atoms with Crippen LogP contribution < -0.4 is 4.90 Å². The summed E-state index contributed by atoms with van der Waals surface area (Å²) < 4.78 is 7.02. The number of hydrogen-bond donors (Lipinski definition) is 0. The van der Waals surface area contributed by atoms with E-state index in [9.17, 15) is 0 Å². The van der Waals surface area contributed by atoms with Crippen LogP contribution in [0.1, 0.15) is 5.82 Å². The van der Waals surface area contributed by atoms with Crippen LogP contribution in [-0.2, 0) is 17.8 Å². The van der Waals surface area contributed by atoms with E-state index in [1.807, 2.05) is 16.5 Å². The predicted molar refractivity (Wildman–Crippen MR) is 66.0 cm³/mol. The molecular formula is C11H16N6O. The minimum Gasteiger partial charge on any atom is -0.383 e. The average molecular weight is 248 g/mol. The smallest absolute Gasteiger partial charge is 0.152 e. The topological polar surface area (TPSA) is 69.0 Å². The Morgan fingerprint density at radius 1 is 1.39 bits per heavy atom. The molecule has 2 aromatic rings. The normalized spacial score (nSPS) is 10.6. The lowest BCUT2D eigenvalue weighted by Crippen LogP contribution is -2.21. The van der Waals surface area contributed by atoms with Gasteiger partial charge >= 0.3 is 0 Å². The third-order valence-electron chi connectivity index (χ3n) is 2.55. The Kier molecular flexibility index (Phi) is 4.19. The fourth-order valence-corrected chi connectivity index (χ4v) is 1.56. The van der Waals surface area contributed by atoms with Crippen molar-refractivity contribution in [3.8, 4) is 0 Å². The van der Waals surface area contributed by atoms with Crippen LogP contribution >= 0.6 is 0 Å². The first-order valence-electron chi connectivity index (χ1n) is 5.64. The first-order valence-corrected chi connectivity index (χ1v) is 5.64. The summed E-state index contributed by atoms with van der Waals surface area (Å²) in [6.45, 7) is 2.01. The Bertz CT molecular complexity index is 471. The van der Waals surface area contributed by atoms with E-state index < -0.39 is 0 Å². The molecular weight excluding hydrogens is 232 g/mol. The summed E-state index contributed by atoms with van der Waals surface area (Å²) in [4.78, 5) is 10.2. The molecule has 0 aliphatic heterocycles. The van der Waals surface area contributed by atoms with E-state index in [1.165, 1.54) is 0 Å². The Labute approximate surface area is 105 Å². The molecule has 0 atom stereocenters. The highest BCUT2D eigenvalue weighted by molar-refractivity contribution is 5.33. The van der Waals surface area contributed by atoms with Crippen LogP contribution in [0.2, 0.25) is 0 Å². The molecule has 0 saturated carbocycles. The summed E-state index contributed by atoms with van der Waals surface area (Å²) in [5, 5.41) is 8.02. The number of ether oxygens (including phenoxy) is 1. The summed E-state index contributed by atoms with van der Waals surface area (Å²) in [5.41, 5.74) is 0. The van der Waals surface area contributed by atoms with E-state index in [4.69, 9.17) is 4.74 Å². The van der Waals surface area contributed by atoms with Gasteiger partial charge in [0, 0.05) is 33.1 Å². The van der Waals surface area contributed by atoms with E-state index in [-0.39, 0.29) is 0 Å². The van der Waals surface area contributed by atoms with Crippen molar-refractivity contribution in [1.82, 2.24) is 24.7 Å². The summed E-state index contributed by atoms with van der Waals surface area (Å²) >= 11 is 0. The molecule has 2 heterocycles. The number of methoxy groups -OCH3 is 1. The highest BCUT2D eigenvalue weighted by Gasteiger charge is 2.09. The SMILES string of the molecule is COCCn1cnnc1CN(C)c1cnccn1. The number of aromatic nitrogens is 5. The second-order valence-corrected chi connectivity index (χ2v) is 3.85. The Hall–Kier alpha value is -2.02. The van der Waals surface area contributed by atoms with Gasteiger partial charge in [-0.05, 0) is 0 Å². The lowest BCUT2D eigenvalue weighted by atomic mass is 10.4. The van der Waals surface area contributed by atoms with Gasteiger partial charge < -0.3 is 14.2 Å². The molecule has 96 valence electrons. The van der Waals surface area contributed by atoms with Gasteiger partial charge in [0.25, 0.3) is 0 Å². The van der Waals surface area contributed by atoms with Gasteiger partial charge in [-0.1, -0.05) is 0 Å². The van der Waals surface area contributed by atoms with Crippen molar-refractivity contribution >= 4 is 5.82 Å². The van der Waals surface area contributed by atoms with Crippen LogP contribution in [-0.4, -0.2) is 45.5 Å². The quantitative estimate of drug-likeness (QED) is 0.734. The van der Waals surface area contributed by atoms with Crippen LogP contribution in [0.25, 0.3) is 0 Å². The lowest BCUT2D eigenvalue weighted by Gasteiger charge is -2.17. The van der Waals surface area contributed by atoms with E-state index in [2.05, 4.69) is 20.2 Å². The first kappa shape index (κ1) is 12.4. The molecule has 2 aromatic heterocycles. The van der Waals surface area contributed by atoms with E-state index in [0.29, 0.717) is 13.2 Å². The number of nitrogens with zero attached hydrogens (tertiary/aromatic N) is 6. The highest BCUT2D eigenvalue weighted by atomic mass is 16.5. The molecule has 0 saturated heterocycles. The van der Waals surface area contributed by atoms with Gasteiger partial charge in [-0.3, -0.25) is 4.98 Å². The van der Waals surface area contributed by atoms with Crippen molar-refractivity contribution in [2.75, 3.05) is 25.7 Å². The largest absolute Gasteiger partial charge is 0.383 e. The average Bonchev–Trinajstić information content (AvgIpc) is 2.84. The second-order valence-electron chi connectivity index (χ2n) is 3.85. The fraction of sp³-hybridized carbons (Fsp3) is 0.455. The number of rotatable bonds is 6. The molecule has 0 aromatic carbocycles. The van der Waals surface area contributed by atoms with Crippen LogP contribution in [0.4, 0.5) is 5.82 Å². The van der Waals surface area contributed by atoms with Crippen molar-refractivity contribution < 1.29 is 4.74 Å². The van der Waals surface area contributed by atoms with Crippen molar-refractivity contribution in [2.45, 2.75) is 13.1 Å². The molecule has 0 aliphatic carbocycles. The molecule has 0 unspecified atom stereocenters. The maximum absolute atomic E-state index is 5.05. The van der Waals surface area contributed by atoms with Gasteiger partial charge in [-0.25, -0.2) is 4.98 Å². The summed E-state index contributed by atoms with van der Waals surface area (Å²) in [6, 6.07) is 0. The van der Waals surface area contributed by atoms with Gasteiger partial charge in [0.1, 0.15) is 12.1 Å². The summed E-state index contributed by atoms with van der Waals surface area (Å²) in [5.74, 6) is 1.68. The molecule has 2 rings (SSSR count). The molecule has 0 fully saturated rings. The zero-order valence-corrected chi connectivity index (χ0v) is 10.5. The minimum atomic E-state index is 0.627. The molecule has 0 radical (unpaired) electrons. The molecule has 0 amide bonds. The van der Waals surface area contributed by atoms with E-state index in [0.717, 1.165) is 18.2 Å². The maximum Gasteiger partial charge on any atom is 0.152 e. The van der Waals surface area contributed by atoms with Crippen LogP contribution in [0.15, 0.2) is 24.9 Å². The second kappa shape index (κ2) is 6.06. The number of hydrogen-bond acceptors (Lipinski definition) is 6. The van der Waals surface area contributed by atoms with Crippen molar-refractivity contribution in [3.63, 3.8) is 0 Å². The summed E-state index contributed by atoms with van der Waals surface area (Å²) in [6.07, 6.45) is 6.74. The number of anilines is 1. The zero-order chi connectivity index (χ0) is 12.8. The van der Waals surface area contributed by atoms with E-state index in [1.54, 1.807) is 32.0 Å². The Balaban J connectivity index is 2.03. The van der Waals surface area contributed by atoms with Gasteiger partial charge in [0.05, 0.1) is 19.3 Å². The third-order valence-corrected chi connectivity index (χ3v) is 2.55. The standard InChI is InChI=1S/C11H16N6O/c1-16(10-7-12-3-4-13-10)8-11-15-14-9-17(11)5-6-18-2/h3-4,7,9H,5-6,8H2,1-2H3. The van der Waals surface area contributed by atoms with Crippen molar-refractivity contribution in [2.24, 2.45) is 0 Å². The van der Waals surface area contributed by atoms with Gasteiger partial charge in [0.2, 0.25) is 0 Å². The Morgan fingerprint density at radius 2 is 2.28 bits per heavy atom. The monoisotopic (exact) mass is 248 g/mol.